The Balaban J connectivity index is 1.45. The van der Waals surface area contributed by atoms with Gasteiger partial charge in [-0.2, -0.15) is 0 Å². The van der Waals surface area contributed by atoms with Crippen molar-refractivity contribution in [1.82, 2.24) is 0 Å². The van der Waals surface area contributed by atoms with Gasteiger partial charge in [-0.05, 0) is 55.8 Å². The molecule has 0 saturated heterocycles. The van der Waals surface area contributed by atoms with Crippen LogP contribution in [0.5, 0.6) is 51.7 Å². The largest absolute Gasteiger partial charge is 0.505 e. The molecular formula is C38H23BO9S. The summed E-state index contributed by atoms with van der Waals surface area (Å²) in [6, 6.07) is 25.8. The molecule has 9 nitrogen and oxygen atoms in total. The summed E-state index contributed by atoms with van der Waals surface area (Å²) in [5.41, 5.74) is 1.40. The van der Waals surface area contributed by atoms with E-state index in [4.69, 9.17) is 7.85 Å². The predicted octanol–water partition coefficient (Wildman–Crippen LogP) is 7.51. The molecule has 0 fully saturated rings. The van der Waals surface area contributed by atoms with Crippen molar-refractivity contribution in [2.45, 2.75) is 0 Å². The standard InChI is InChI=1S/C38H23BO9S/c39-29-34(44)32(42)28(33(43)35(29)45)27-18-8-3-1-6-16(18)25(17-7-2-4-9-19(17)27)21-10-5-11-22-26(21)20-13-12-15(14-23(20)49-22)24-30(40)36(46)38(48)37(47)31(24)41/h1-14,40-48H. The third kappa shape index (κ3) is 4.06. The van der Waals surface area contributed by atoms with Crippen LogP contribution in [0.1, 0.15) is 0 Å². The second-order valence-electron chi connectivity index (χ2n) is 11.6. The number of hydrogen-bond acceptors (Lipinski definition) is 10. The molecule has 0 aliphatic heterocycles. The topological polar surface area (TPSA) is 182 Å². The lowest BCUT2D eigenvalue weighted by Crippen LogP contribution is -2.05. The van der Waals surface area contributed by atoms with E-state index in [1.165, 1.54) is 11.3 Å². The van der Waals surface area contributed by atoms with Crippen LogP contribution < -0.4 is 5.46 Å². The third-order valence-corrected chi connectivity index (χ3v) is 10.2. The number of fused-ring (bicyclic) bond motifs is 5. The first-order valence-corrected chi connectivity index (χ1v) is 15.7. The van der Waals surface area contributed by atoms with Gasteiger partial charge < -0.3 is 46.0 Å². The van der Waals surface area contributed by atoms with Gasteiger partial charge in [-0.15, -0.1) is 11.3 Å². The van der Waals surface area contributed by atoms with Crippen LogP contribution in [0, 0.1) is 0 Å². The molecule has 8 rings (SSSR count). The highest BCUT2D eigenvalue weighted by Gasteiger charge is 2.28. The summed E-state index contributed by atoms with van der Waals surface area (Å²) < 4.78 is 1.68. The van der Waals surface area contributed by atoms with Gasteiger partial charge in [-0.1, -0.05) is 72.8 Å². The van der Waals surface area contributed by atoms with Gasteiger partial charge in [0.1, 0.15) is 7.85 Å². The van der Waals surface area contributed by atoms with E-state index < -0.39 is 57.2 Å². The molecule has 8 aromatic rings. The van der Waals surface area contributed by atoms with E-state index in [1.807, 2.05) is 60.7 Å². The van der Waals surface area contributed by atoms with E-state index in [2.05, 4.69) is 0 Å². The molecule has 0 unspecified atom stereocenters. The fraction of sp³-hybridized carbons (Fsp3) is 0. The van der Waals surface area contributed by atoms with Gasteiger partial charge in [0.05, 0.1) is 11.1 Å². The normalized spacial score (nSPS) is 11.7. The minimum absolute atomic E-state index is 0.173. The van der Waals surface area contributed by atoms with E-state index in [0.717, 1.165) is 42.1 Å². The molecule has 0 atom stereocenters. The molecule has 49 heavy (non-hydrogen) atoms. The van der Waals surface area contributed by atoms with Gasteiger partial charge in [0, 0.05) is 25.7 Å². The van der Waals surface area contributed by atoms with Crippen LogP contribution in [-0.2, 0) is 0 Å². The van der Waals surface area contributed by atoms with E-state index in [9.17, 15) is 46.0 Å². The van der Waals surface area contributed by atoms with Gasteiger partial charge in [0.15, 0.2) is 34.5 Å². The molecule has 1 aromatic heterocycles. The Morgan fingerprint density at radius 2 is 0.878 bits per heavy atom. The number of benzene rings is 7. The number of hydrogen-bond donors (Lipinski definition) is 9. The molecule has 0 saturated carbocycles. The average molecular weight is 666 g/mol. The molecule has 0 bridgehead atoms. The zero-order chi connectivity index (χ0) is 34.5. The second-order valence-corrected chi connectivity index (χ2v) is 12.7. The van der Waals surface area contributed by atoms with Crippen molar-refractivity contribution in [1.29, 1.82) is 0 Å². The van der Waals surface area contributed by atoms with Crippen molar-refractivity contribution in [3.8, 4) is 85.1 Å². The van der Waals surface area contributed by atoms with E-state index in [-0.39, 0.29) is 16.7 Å². The van der Waals surface area contributed by atoms with Gasteiger partial charge in [-0.25, -0.2) is 0 Å². The lowest BCUT2D eigenvalue weighted by molar-refractivity contribution is 0.330. The highest BCUT2D eigenvalue weighted by Crippen LogP contribution is 2.56. The summed E-state index contributed by atoms with van der Waals surface area (Å²) in [4.78, 5) is 0. The molecule has 11 heteroatoms. The lowest BCUT2D eigenvalue weighted by Gasteiger charge is -2.20. The Kier molecular flexibility index (Phi) is 6.43. The second kappa shape index (κ2) is 10.5. The van der Waals surface area contributed by atoms with Crippen molar-refractivity contribution < 1.29 is 46.0 Å². The summed E-state index contributed by atoms with van der Waals surface area (Å²) >= 11 is 1.45. The Hall–Kier alpha value is -6.46. The molecule has 0 amide bonds. The van der Waals surface area contributed by atoms with Crippen molar-refractivity contribution in [2.75, 3.05) is 0 Å². The van der Waals surface area contributed by atoms with E-state index in [1.54, 1.807) is 24.3 Å². The molecule has 1 heterocycles. The maximum absolute atomic E-state index is 11.1. The fourth-order valence-corrected chi connectivity index (χ4v) is 7.96. The maximum atomic E-state index is 11.1. The van der Waals surface area contributed by atoms with Crippen molar-refractivity contribution in [2.24, 2.45) is 0 Å². The Labute approximate surface area is 281 Å². The van der Waals surface area contributed by atoms with Crippen LogP contribution in [0.4, 0.5) is 0 Å². The number of phenolic OH excluding ortho intramolecular Hbond substituents is 9. The van der Waals surface area contributed by atoms with E-state index >= 15 is 0 Å². The number of aromatic hydroxyl groups is 9. The minimum Gasteiger partial charge on any atom is -0.505 e. The zero-order valence-corrected chi connectivity index (χ0v) is 25.9. The first kappa shape index (κ1) is 29.9. The van der Waals surface area contributed by atoms with Gasteiger partial charge >= 0.3 is 0 Å². The first-order valence-electron chi connectivity index (χ1n) is 14.8. The monoisotopic (exact) mass is 666 g/mol. The molecule has 0 aliphatic carbocycles. The van der Waals surface area contributed by atoms with Crippen LogP contribution in [-0.4, -0.2) is 53.8 Å². The van der Waals surface area contributed by atoms with E-state index in [0.29, 0.717) is 16.3 Å². The Morgan fingerprint density at radius 1 is 0.388 bits per heavy atom. The highest BCUT2D eigenvalue weighted by molar-refractivity contribution is 7.26. The van der Waals surface area contributed by atoms with Gasteiger partial charge in [0.25, 0.3) is 0 Å². The van der Waals surface area contributed by atoms with Crippen LogP contribution >= 0.6 is 11.3 Å². The molecule has 0 spiro atoms. The summed E-state index contributed by atoms with van der Waals surface area (Å²) in [6.07, 6.45) is 0. The molecule has 238 valence electrons. The molecule has 7 aromatic carbocycles. The molecule has 2 radical (unpaired) electrons. The minimum atomic E-state index is -1.03. The maximum Gasteiger partial charge on any atom is 0.208 e. The van der Waals surface area contributed by atoms with Crippen molar-refractivity contribution in [3.05, 3.63) is 84.9 Å². The first-order chi connectivity index (χ1) is 23.5. The smallest absolute Gasteiger partial charge is 0.208 e. The lowest BCUT2D eigenvalue weighted by atomic mass is 9.82. The molecule has 9 N–H and O–H groups in total. The van der Waals surface area contributed by atoms with Crippen LogP contribution in [0.15, 0.2) is 84.9 Å². The van der Waals surface area contributed by atoms with Crippen molar-refractivity contribution >= 4 is 66.4 Å². The number of phenols is 9. The Bertz CT molecular complexity index is 2620. The third-order valence-electron chi connectivity index (χ3n) is 9.04. The summed E-state index contributed by atoms with van der Waals surface area (Å²) in [6.45, 7) is 0. The molecule has 0 aliphatic rings. The van der Waals surface area contributed by atoms with Gasteiger partial charge in [0.2, 0.25) is 17.2 Å². The van der Waals surface area contributed by atoms with Crippen molar-refractivity contribution in [3.63, 3.8) is 0 Å². The number of thiophene rings is 1. The van der Waals surface area contributed by atoms with Gasteiger partial charge in [-0.3, -0.25) is 0 Å². The molecular weight excluding hydrogens is 643 g/mol. The quantitative estimate of drug-likeness (QED) is 0.0399. The fourth-order valence-electron chi connectivity index (χ4n) is 6.79. The number of rotatable bonds is 3. The van der Waals surface area contributed by atoms with Crippen LogP contribution in [0.25, 0.3) is 75.1 Å². The zero-order valence-electron chi connectivity index (χ0n) is 25.1. The summed E-state index contributed by atoms with van der Waals surface area (Å²) in [7, 11) is 5.74. The SMILES string of the molecule is [B]c1c(O)c(O)c(-c2c3ccccc3c(-c3cccc4sc5cc(-c6c(O)c(O)c(O)c(O)c6O)ccc5c34)c3ccccc23)c(O)c1O. The van der Waals surface area contributed by atoms with Crippen LogP contribution in [0.3, 0.4) is 0 Å². The average Bonchev–Trinajstić information content (AvgIpc) is 3.50. The summed E-state index contributed by atoms with van der Waals surface area (Å²) in [5, 5.41) is 99.1. The summed E-state index contributed by atoms with van der Waals surface area (Å²) in [5.74, 6) is -7.39. The van der Waals surface area contributed by atoms with Crippen LogP contribution in [0.2, 0.25) is 0 Å². The Morgan fingerprint density at radius 3 is 1.43 bits per heavy atom. The highest BCUT2D eigenvalue weighted by atomic mass is 32.1. The predicted molar refractivity (Wildman–Crippen MR) is 191 cm³/mol.